The summed E-state index contributed by atoms with van der Waals surface area (Å²) in [6, 6.07) is 3.54. The monoisotopic (exact) mass is 333 g/mol. The average Bonchev–Trinajstić information content (AvgIpc) is 2.37. The highest BCUT2D eigenvalue weighted by molar-refractivity contribution is 7.89. The molecule has 1 aromatic carbocycles. The number of carboxylic acids is 1. The molecule has 0 radical (unpaired) electrons. The second-order valence-electron chi connectivity index (χ2n) is 5.39. The van der Waals surface area contributed by atoms with E-state index in [2.05, 4.69) is 0 Å². The number of aliphatic hydroxyl groups is 1. The summed E-state index contributed by atoms with van der Waals surface area (Å²) in [5.74, 6) is -1.23. The number of piperidine rings is 1. The molecular formula is C13H16ClNO5S. The SMILES string of the molecule is CC1(O)CCCN(S(=O)(=O)c2cc(C(=O)O)ccc2Cl)C1. The van der Waals surface area contributed by atoms with Crippen LogP contribution in [0.2, 0.25) is 5.02 Å². The first kappa shape index (κ1) is 16.2. The van der Waals surface area contributed by atoms with E-state index in [0.717, 1.165) is 10.4 Å². The first-order valence-electron chi connectivity index (χ1n) is 6.39. The van der Waals surface area contributed by atoms with Crippen LogP contribution in [0, 0.1) is 0 Å². The molecule has 2 rings (SSSR count). The normalized spacial score (nSPS) is 24.0. The summed E-state index contributed by atoms with van der Waals surface area (Å²) in [6.07, 6.45) is 1.05. The number of benzene rings is 1. The molecule has 1 fully saturated rings. The van der Waals surface area contributed by atoms with Crippen LogP contribution in [-0.2, 0) is 10.0 Å². The average molecular weight is 334 g/mol. The highest BCUT2D eigenvalue weighted by Crippen LogP contribution is 2.30. The molecule has 0 bridgehead atoms. The van der Waals surface area contributed by atoms with Gasteiger partial charge in [0.1, 0.15) is 4.90 Å². The Hall–Kier alpha value is -1.15. The molecule has 1 aliphatic rings. The van der Waals surface area contributed by atoms with Crippen molar-refractivity contribution in [2.75, 3.05) is 13.1 Å². The fourth-order valence-corrected chi connectivity index (χ4v) is 4.45. The second-order valence-corrected chi connectivity index (χ2v) is 7.70. The Labute approximate surface area is 128 Å². The lowest BCUT2D eigenvalue weighted by atomic mass is 9.97. The lowest BCUT2D eigenvalue weighted by molar-refractivity contribution is 0.00939. The van der Waals surface area contributed by atoms with E-state index in [1.54, 1.807) is 6.92 Å². The molecule has 8 heteroatoms. The fraction of sp³-hybridized carbons (Fsp3) is 0.462. The molecule has 1 aromatic rings. The van der Waals surface area contributed by atoms with Crippen LogP contribution in [0.1, 0.15) is 30.1 Å². The van der Waals surface area contributed by atoms with Crippen LogP contribution < -0.4 is 0 Å². The number of carbonyl (C=O) groups is 1. The van der Waals surface area contributed by atoms with Gasteiger partial charge >= 0.3 is 5.97 Å². The summed E-state index contributed by atoms with van der Waals surface area (Å²) in [7, 11) is -3.94. The van der Waals surface area contributed by atoms with Crippen molar-refractivity contribution in [1.29, 1.82) is 0 Å². The Morgan fingerprint density at radius 3 is 2.67 bits per heavy atom. The summed E-state index contributed by atoms with van der Waals surface area (Å²) in [6.45, 7) is 1.80. The fourth-order valence-electron chi connectivity index (χ4n) is 2.35. The molecule has 116 valence electrons. The highest BCUT2D eigenvalue weighted by atomic mass is 35.5. The lowest BCUT2D eigenvalue weighted by Gasteiger charge is -2.36. The van der Waals surface area contributed by atoms with E-state index in [0.29, 0.717) is 12.8 Å². The van der Waals surface area contributed by atoms with Crippen LogP contribution >= 0.6 is 11.6 Å². The zero-order valence-corrected chi connectivity index (χ0v) is 13.0. The van der Waals surface area contributed by atoms with E-state index in [1.165, 1.54) is 12.1 Å². The number of aromatic carboxylic acids is 1. The van der Waals surface area contributed by atoms with Crippen LogP contribution in [0.15, 0.2) is 23.1 Å². The van der Waals surface area contributed by atoms with Crippen LogP contribution in [0.25, 0.3) is 0 Å². The Kier molecular flexibility index (Phi) is 4.30. The maximum atomic E-state index is 12.6. The molecule has 6 nitrogen and oxygen atoms in total. The molecule has 1 atom stereocenters. The minimum absolute atomic E-state index is 0.0368. The summed E-state index contributed by atoms with van der Waals surface area (Å²) < 4.78 is 26.4. The van der Waals surface area contributed by atoms with Crippen LogP contribution in [0.3, 0.4) is 0 Å². The molecule has 1 aliphatic heterocycles. The summed E-state index contributed by atoms with van der Waals surface area (Å²) in [4.78, 5) is 10.7. The van der Waals surface area contributed by atoms with Crippen molar-refractivity contribution >= 4 is 27.6 Å². The summed E-state index contributed by atoms with van der Waals surface area (Å²) in [5.41, 5.74) is -1.25. The largest absolute Gasteiger partial charge is 0.478 e. The van der Waals surface area contributed by atoms with E-state index in [9.17, 15) is 18.3 Å². The molecule has 0 saturated carbocycles. The third kappa shape index (κ3) is 3.37. The smallest absolute Gasteiger partial charge is 0.335 e. The Bertz CT molecular complexity index is 671. The van der Waals surface area contributed by atoms with Crippen molar-refractivity contribution in [3.05, 3.63) is 28.8 Å². The quantitative estimate of drug-likeness (QED) is 0.875. The van der Waals surface area contributed by atoms with E-state index in [4.69, 9.17) is 16.7 Å². The zero-order chi connectivity index (χ0) is 15.8. The van der Waals surface area contributed by atoms with Gasteiger partial charge in [-0.05, 0) is 38.0 Å². The molecule has 0 amide bonds. The number of halogens is 1. The number of β-amino-alcohol motifs (C(OH)–C–C–N with tert-alkyl or cyclic N) is 1. The number of carboxylic acid groups (broad SMARTS) is 1. The standard InChI is InChI=1S/C13H16ClNO5S/c1-13(18)5-2-6-15(8-13)21(19,20)11-7-9(12(16)17)3-4-10(11)14/h3-4,7,18H,2,5-6,8H2,1H3,(H,16,17). The van der Waals surface area contributed by atoms with Gasteiger partial charge in [0.05, 0.1) is 16.2 Å². The van der Waals surface area contributed by atoms with E-state index in [1.807, 2.05) is 0 Å². The van der Waals surface area contributed by atoms with Crippen LogP contribution in [0.4, 0.5) is 0 Å². The molecule has 0 spiro atoms. The van der Waals surface area contributed by atoms with Crippen molar-refractivity contribution in [2.24, 2.45) is 0 Å². The molecular weight excluding hydrogens is 318 g/mol. The van der Waals surface area contributed by atoms with Crippen molar-refractivity contribution in [3.63, 3.8) is 0 Å². The van der Waals surface area contributed by atoms with Gasteiger partial charge in [-0.2, -0.15) is 4.31 Å². The van der Waals surface area contributed by atoms with Crippen LogP contribution in [-0.4, -0.2) is 47.6 Å². The van der Waals surface area contributed by atoms with Gasteiger partial charge in [0.15, 0.2) is 0 Å². The van der Waals surface area contributed by atoms with Gasteiger partial charge < -0.3 is 10.2 Å². The first-order chi connectivity index (χ1) is 9.63. The highest BCUT2D eigenvalue weighted by Gasteiger charge is 2.36. The van der Waals surface area contributed by atoms with Gasteiger partial charge in [0.2, 0.25) is 10.0 Å². The number of hydrogen-bond acceptors (Lipinski definition) is 4. The number of sulfonamides is 1. The molecule has 0 aliphatic carbocycles. The van der Waals surface area contributed by atoms with Gasteiger partial charge in [0, 0.05) is 13.1 Å². The molecule has 2 N–H and O–H groups in total. The third-order valence-electron chi connectivity index (χ3n) is 3.44. The van der Waals surface area contributed by atoms with Gasteiger partial charge in [-0.25, -0.2) is 13.2 Å². The predicted octanol–water partition coefficient (Wildman–Crippen LogP) is 1.57. The van der Waals surface area contributed by atoms with Crippen molar-refractivity contribution in [1.82, 2.24) is 4.31 Å². The topological polar surface area (TPSA) is 94.9 Å². The molecule has 1 heterocycles. The van der Waals surface area contributed by atoms with Gasteiger partial charge in [-0.3, -0.25) is 0 Å². The lowest BCUT2D eigenvalue weighted by Crippen LogP contribution is -2.48. The minimum atomic E-state index is -3.94. The van der Waals surface area contributed by atoms with Gasteiger partial charge in [0.25, 0.3) is 0 Å². The van der Waals surface area contributed by atoms with Gasteiger partial charge in [-0.15, -0.1) is 0 Å². The van der Waals surface area contributed by atoms with E-state index >= 15 is 0 Å². The molecule has 1 saturated heterocycles. The van der Waals surface area contributed by atoms with Crippen molar-refractivity contribution < 1.29 is 23.4 Å². The Morgan fingerprint density at radius 2 is 2.10 bits per heavy atom. The molecule has 21 heavy (non-hydrogen) atoms. The number of rotatable bonds is 3. The summed E-state index contributed by atoms with van der Waals surface area (Å²) in [5, 5.41) is 19.0. The Morgan fingerprint density at radius 1 is 1.43 bits per heavy atom. The number of nitrogens with zero attached hydrogens (tertiary/aromatic N) is 1. The third-order valence-corrected chi connectivity index (χ3v) is 5.76. The predicted molar refractivity (Wildman–Crippen MR) is 77.0 cm³/mol. The first-order valence-corrected chi connectivity index (χ1v) is 8.21. The van der Waals surface area contributed by atoms with Gasteiger partial charge in [-0.1, -0.05) is 11.6 Å². The molecule has 0 aromatic heterocycles. The van der Waals surface area contributed by atoms with E-state index < -0.39 is 21.6 Å². The minimum Gasteiger partial charge on any atom is -0.478 e. The van der Waals surface area contributed by atoms with Crippen molar-refractivity contribution in [3.8, 4) is 0 Å². The number of hydrogen-bond donors (Lipinski definition) is 2. The second kappa shape index (κ2) is 5.57. The maximum absolute atomic E-state index is 12.6. The van der Waals surface area contributed by atoms with Crippen molar-refractivity contribution in [2.45, 2.75) is 30.3 Å². The maximum Gasteiger partial charge on any atom is 0.335 e. The molecule has 1 unspecified atom stereocenters. The zero-order valence-electron chi connectivity index (χ0n) is 11.4. The van der Waals surface area contributed by atoms with E-state index in [-0.39, 0.29) is 28.6 Å². The van der Waals surface area contributed by atoms with Crippen LogP contribution in [0.5, 0.6) is 0 Å². The Balaban J connectivity index is 2.44. The summed E-state index contributed by atoms with van der Waals surface area (Å²) >= 11 is 5.91.